The van der Waals surface area contributed by atoms with Crippen LogP contribution in [-0.4, -0.2) is 16.9 Å². The largest absolute Gasteiger partial charge is 0.441 e. The molecule has 0 radical (unpaired) electrons. The number of nitrogens with one attached hydrogen (secondary N) is 2. The van der Waals surface area contributed by atoms with Crippen LogP contribution in [0.2, 0.25) is 0 Å². The molecule has 2 aromatic heterocycles. The van der Waals surface area contributed by atoms with Gasteiger partial charge in [0.1, 0.15) is 11.1 Å². The van der Waals surface area contributed by atoms with Gasteiger partial charge in [0.15, 0.2) is 7.05 Å². The summed E-state index contributed by atoms with van der Waals surface area (Å²) >= 11 is 2.58. The molecular weight excluding hydrogens is 336 g/mol. The van der Waals surface area contributed by atoms with E-state index < -0.39 is 5.63 Å². The molecular formula is C14H15N4O3S2+. The molecule has 2 aromatic rings. The molecule has 3 rings (SSSR count). The van der Waals surface area contributed by atoms with Gasteiger partial charge in [0.2, 0.25) is 5.91 Å². The predicted molar refractivity (Wildman–Crippen MR) is 85.5 cm³/mol. The molecule has 9 heteroatoms. The molecule has 0 unspecified atom stereocenters. The zero-order valence-electron chi connectivity index (χ0n) is 12.5. The third-order valence-corrected chi connectivity index (χ3v) is 5.96. The summed E-state index contributed by atoms with van der Waals surface area (Å²) in [5.74, 6) is -0.171. The van der Waals surface area contributed by atoms with Crippen LogP contribution in [0.1, 0.15) is 28.8 Å². The van der Waals surface area contributed by atoms with Crippen molar-refractivity contribution in [3.05, 3.63) is 26.4 Å². The molecule has 1 aliphatic carbocycles. The van der Waals surface area contributed by atoms with Gasteiger partial charge in [-0.25, -0.2) is 4.79 Å². The average molecular weight is 351 g/mol. The van der Waals surface area contributed by atoms with Crippen molar-refractivity contribution in [3.8, 4) is 6.07 Å². The smallest absolute Gasteiger partial charge is 0.316 e. The Morgan fingerprint density at radius 2 is 2.30 bits per heavy atom. The number of aromatic nitrogens is 2. The molecule has 0 aliphatic heterocycles. The van der Waals surface area contributed by atoms with Crippen LogP contribution in [0.4, 0.5) is 5.00 Å². The van der Waals surface area contributed by atoms with Crippen LogP contribution in [0, 0.1) is 11.3 Å². The summed E-state index contributed by atoms with van der Waals surface area (Å²) in [6.07, 6.45) is 4.09. The van der Waals surface area contributed by atoms with Crippen LogP contribution in [0.3, 0.4) is 0 Å². The molecule has 120 valence electrons. The lowest BCUT2D eigenvalue weighted by atomic mass is 9.96. The minimum atomic E-state index is -0.505. The van der Waals surface area contributed by atoms with Crippen molar-refractivity contribution in [2.75, 3.05) is 11.1 Å². The van der Waals surface area contributed by atoms with E-state index in [1.807, 2.05) is 0 Å². The van der Waals surface area contributed by atoms with Gasteiger partial charge in [0.05, 0.1) is 11.3 Å². The fraction of sp³-hybridized carbons (Fsp3) is 0.429. The van der Waals surface area contributed by atoms with Crippen LogP contribution >= 0.6 is 23.1 Å². The maximum absolute atomic E-state index is 12.1. The topological polar surface area (TPSA) is 103 Å². The van der Waals surface area contributed by atoms with E-state index >= 15 is 0 Å². The highest BCUT2D eigenvalue weighted by Crippen LogP contribution is 2.37. The van der Waals surface area contributed by atoms with E-state index in [0.717, 1.165) is 43.0 Å². The number of amides is 1. The van der Waals surface area contributed by atoms with Crippen LogP contribution in [0.15, 0.2) is 14.3 Å². The first kappa shape index (κ1) is 15.8. The van der Waals surface area contributed by atoms with Gasteiger partial charge < -0.3 is 5.32 Å². The standard InChI is InChI=1S/C14H14N4O3S2/c1-18-13(14(20)21-17-18)22-7-11(19)16-12-9(6-15)8-4-2-3-5-10(8)23-12/h2-5,7H2,1H3,(H-,16,17,19,20)/p+1. The summed E-state index contributed by atoms with van der Waals surface area (Å²) in [5.41, 5.74) is 1.17. The first-order valence-corrected chi connectivity index (χ1v) is 8.95. The summed E-state index contributed by atoms with van der Waals surface area (Å²) in [6, 6.07) is 2.21. The third kappa shape index (κ3) is 3.18. The van der Waals surface area contributed by atoms with Crippen LogP contribution < -0.4 is 15.6 Å². The number of anilines is 1. The SMILES string of the molecule is C[n+]1[nH]oc(=O)c1SCC(=O)Nc1sc2c(c1C#N)CCCC2. The Hall–Kier alpha value is -2.05. The maximum atomic E-state index is 12.1. The number of thiophene rings is 1. The highest BCUT2D eigenvalue weighted by atomic mass is 32.2. The Bertz CT molecular complexity index is 843. The van der Waals surface area contributed by atoms with Gasteiger partial charge in [-0.3, -0.25) is 9.32 Å². The monoisotopic (exact) mass is 351 g/mol. The molecule has 7 nitrogen and oxygen atoms in total. The number of aromatic amines is 1. The number of aryl methyl sites for hydroxylation is 2. The predicted octanol–water partition coefficient (Wildman–Crippen LogP) is 1.34. The quantitative estimate of drug-likeness (QED) is 0.639. The lowest BCUT2D eigenvalue weighted by Crippen LogP contribution is -2.34. The number of carbonyl (C=O) groups is 1. The molecule has 0 saturated heterocycles. The van der Waals surface area contributed by atoms with Gasteiger partial charge in [-0.15, -0.1) is 11.3 Å². The zero-order chi connectivity index (χ0) is 16.4. The van der Waals surface area contributed by atoms with Gasteiger partial charge in [-0.1, -0.05) is 4.68 Å². The highest BCUT2D eigenvalue weighted by Gasteiger charge is 2.23. The summed E-state index contributed by atoms with van der Waals surface area (Å²) in [4.78, 5) is 24.8. The molecule has 2 N–H and O–H groups in total. The van der Waals surface area contributed by atoms with E-state index in [4.69, 9.17) is 0 Å². The fourth-order valence-electron chi connectivity index (χ4n) is 2.56. The van der Waals surface area contributed by atoms with Crippen molar-refractivity contribution < 1.29 is 14.0 Å². The zero-order valence-corrected chi connectivity index (χ0v) is 14.1. The number of nitriles is 1. The number of thioether (sulfide) groups is 1. The molecule has 0 atom stereocenters. The second kappa shape index (κ2) is 6.60. The minimum absolute atomic E-state index is 0.0733. The van der Waals surface area contributed by atoms with Crippen molar-refractivity contribution in [1.29, 1.82) is 5.26 Å². The number of carbonyl (C=O) groups excluding carboxylic acids is 1. The minimum Gasteiger partial charge on any atom is -0.316 e. The number of fused-ring (bicyclic) bond motifs is 1. The fourth-order valence-corrected chi connectivity index (χ4v) is 4.54. The summed E-state index contributed by atoms with van der Waals surface area (Å²) in [5, 5.41) is 15.5. The van der Waals surface area contributed by atoms with Crippen molar-refractivity contribution in [1.82, 2.24) is 5.27 Å². The Labute approximate surface area is 140 Å². The lowest BCUT2D eigenvalue weighted by Gasteiger charge is -2.09. The number of hydrogen-bond donors (Lipinski definition) is 2. The summed E-state index contributed by atoms with van der Waals surface area (Å²) in [7, 11) is 1.63. The van der Waals surface area contributed by atoms with Gasteiger partial charge in [0.25, 0.3) is 0 Å². The van der Waals surface area contributed by atoms with E-state index in [9.17, 15) is 14.9 Å². The normalized spacial score (nSPS) is 13.4. The van der Waals surface area contributed by atoms with Crippen LogP contribution in [0.25, 0.3) is 0 Å². The third-order valence-electron chi connectivity index (χ3n) is 3.63. The maximum Gasteiger partial charge on any atom is 0.441 e. The number of H-pyrrole nitrogens is 1. The first-order valence-electron chi connectivity index (χ1n) is 7.15. The molecule has 2 heterocycles. The Morgan fingerprint density at radius 3 is 3.00 bits per heavy atom. The number of hydrogen-bond acceptors (Lipinski definition) is 6. The van der Waals surface area contributed by atoms with Gasteiger partial charge in [-0.2, -0.15) is 5.26 Å². The Balaban J connectivity index is 1.70. The molecule has 1 aliphatic rings. The molecule has 0 spiro atoms. The second-order valence-corrected chi connectivity index (χ2v) is 7.28. The molecule has 0 fully saturated rings. The van der Waals surface area contributed by atoms with E-state index in [0.29, 0.717) is 15.6 Å². The van der Waals surface area contributed by atoms with Crippen LogP contribution in [0.5, 0.6) is 0 Å². The first-order chi connectivity index (χ1) is 11.1. The molecule has 0 aromatic carbocycles. The van der Waals surface area contributed by atoms with E-state index in [1.165, 1.54) is 20.9 Å². The second-order valence-electron chi connectivity index (χ2n) is 5.21. The highest BCUT2D eigenvalue weighted by molar-refractivity contribution is 7.99. The van der Waals surface area contributed by atoms with Gasteiger partial charge in [-0.05, 0) is 48.3 Å². The molecule has 0 saturated carbocycles. The molecule has 23 heavy (non-hydrogen) atoms. The van der Waals surface area contributed by atoms with Crippen molar-refractivity contribution in [2.45, 2.75) is 30.7 Å². The lowest BCUT2D eigenvalue weighted by molar-refractivity contribution is -0.772. The molecule has 1 amide bonds. The van der Waals surface area contributed by atoms with E-state index in [2.05, 4.69) is 21.2 Å². The van der Waals surface area contributed by atoms with Gasteiger partial charge in [0, 0.05) is 4.88 Å². The van der Waals surface area contributed by atoms with Crippen molar-refractivity contribution in [3.63, 3.8) is 0 Å². The van der Waals surface area contributed by atoms with Crippen molar-refractivity contribution in [2.24, 2.45) is 7.05 Å². The van der Waals surface area contributed by atoms with Crippen molar-refractivity contribution >= 4 is 34.0 Å². The Morgan fingerprint density at radius 1 is 1.52 bits per heavy atom. The van der Waals surface area contributed by atoms with Gasteiger partial charge >= 0.3 is 10.7 Å². The Kier molecular flexibility index (Phi) is 4.54. The number of nitrogens with zero attached hydrogens (tertiary/aromatic N) is 2. The number of rotatable bonds is 4. The van der Waals surface area contributed by atoms with Crippen LogP contribution in [-0.2, 0) is 24.7 Å². The molecule has 0 bridgehead atoms. The van der Waals surface area contributed by atoms with E-state index in [-0.39, 0.29) is 11.7 Å². The van der Waals surface area contributed by atoms with E-state index in [1.54, 1.807) is 7.05 Å². The average Bonchev–Trinajstić information content (AvgIpc) is 3.05. The summed E-state index contributed by atoms with van der Waals surface area (Å²) < 4.78 is 6.05. The summed E-state index contributed by atoms with van der Waals surface area (Å²) in [6.45, 7) is 0.